The topological polar surface area (TPSA) is 55.1 Å². The van der Waals surface area contributed by atoms with Gasteiger partial charge in [0.2, 0.25) is 5.91 Å². The van der Waals surface area contributed by atoms with Gasteiger partial charge in [-0.05, 0) is 17.7 Å². The molecule has 19 heavy (non-hydrogen) atoms. The summed E-state index contributed by atoms with van der Waals surface area (Å²) in [7, 11) is 0. The summed E-state index contributed by atoms with van der Waals surface area (Å²) in [5.74, 6) is -0.00724. The summed E-state index contributed by atoms with van der Waals surface area (Å²) in [5.41, 5.74) is 7.42. The van der Waals surface area contributed by atoms with Crippen LogP contribution in [0.3, 0.4) is 0 Å². The molecule has 0 heterocycles. The number of thioether (sulfide) groups is 1. The van der Waals surface area contributed by atoms with Crippen molar-refractivity contribution in [1.82, 2.24) is 0 Å². The maximum absolute atomic E-state index is 10.8. The normalized spacial score (nSPS) is 10.1. The van der Waals surface area contributed by atoms with Crippen LogP contribution in [0.2, 0.25) is 0 Å². The van der Waals surface area contributed by atoms with Crippen LogP contribution in [0.5, 0.6) is 0 Å². The Bertz CT molecular complexity index is 543. The largest absolute Gasteiger partial charge is 0.380 e. The Morgan fingerprint density at radius 1 is 1.05 bits per heavy atom. The lowest BCUT2D eigenvalue weighted by molar-refractivity contribution is -0.115. The quantitative estimate of drug-likeness (QED) is 0.795. The summed E-state index contributed by atoms with van der Waals surface area (Å²) in [4.78, 5) is 11.9. The van der Waals surface area contributed by atoms with Crippen molar-refractivity contribution >= 4 is 23.4 Å². The third-order valence-electron chi connectivity index (χ3n) is 2.58. The molecule has 0 bridgehead atoms. The lowest BCUT2D eigenvalue weighted by Gasteiger charge is -2.11. The molecule has 0 aromatic heterocycles. The average molecular weight is 272 g/mol. The molecule has 3 nitrogen and oxygen atoms in total. The van der Waals surface area contributed by atoms with Gasteiger partial charge in [-0.2, -0.15) is 0 Å². The second kappa shape index (κ2) is 6.85. The molecular formula is C15H16N2OS. The predicted molar refractivity (Wildman–Crippen MR) is 80.1 cm³/mol. The first-order valence-corrected chi connectivity index (χ1v) is 7.02. The molecule has 0 saturated carbocycles. The number of anilines is 1. The Labute approximate surface area is 117 Å². The van der Waals surface area contributed by atoms with E-state index >= 15 is 0 Å². The first-order chi connectivity index (χ1) is 9.25. The smallest absolute Gasteiger partial charge is 0.227 e. The molecule has 98 valence electrons. The van der Waals surface area contributed by atoms with E-state index in [2.05, 4.69) is 17.4 Å². The number of hydrogen-bond acceptors (Lipinski definition) is 3. The van der Waals surface area contributed by atoms with Crippen LogP contribution in [0, 0.1) is 0 Å². The highest BCUT2D eigenvalue weighted by molar-refractivity contribution is 8.00. The Balaban J connectivity index is 2.01. The SMILES string of the molecule is NC(=O)CSc1ccccc1NCc1ccccc1. The van der Waals surface area contributed by atoms with Crippen LogP contribution in [0.1, 0.15) is 5.56 Å². The molecule has 0 atom stereocenters. The van der Waals surface area contributed by atoms with E-state index in [0.717, 1.165) is 17.1 Å². The first-order valence-electron chi connectivity index (χ1n) is 6.03. The van der Waals surface area contributed by atoms with Crippen LogP contribution in [-0.2, 0) is 11.3 Å². The van der Waals surface area contributed by atoms with E-state index in [1.807, 2.05) is 42.5 Å². The molecule has 4 heteroatoms. The molecule has 0 aliphatic carbocycles. The molecule has 3 N–H and O–H groups in total. The van der Waals surface area contributed by atoms with Crippen LogP contribution < -0.4 is 11.1 Å². The predicted octanol–water partition coefficient (Wildman–Crippen LogP) is 2.88. The number of para-hydroxylation sites is 1. The molecule has 0 aliphatic heterocycles. The lowest BCUT2D eigenvalue weighted by atomic mass is 10.2. The van der Waals surface area contributed by atoms with Gasteiger partial charge in [0.05, 0.1) is 5.75 Å². The van der Waals surface area contributed by atoms with Gasteiger partial charge in [0.25, 0.3) is 0 Å². The van der Waals surface area contributed by atoms with Crippen molar-refractivity contribution in [2.45, 2.75) is 11.4 Å². The van der Waals surface area contributed by atoms with Gasteiger partial charge in [-0.15, -0.1) is 11.8 Å². The minimum atomic E-state index is -0.303. The van der Waals surface area contributed by atoms with Crippen LogP contribution >= 0.6 is 11.8 Å². The van der Waals surface area contributed by atoms with E-state index in [4.69, 9.17) is 5.73 Å². The number of nitrogens with one attached hydrogen (secondary N) is 1. The second-order valence-corrected chi connectivity index (χ2v) is 5.11. The Morgan fingerprint density at radius 3 is 2.47 bits per heavy atom. The van der Waals surface area contributed by atoms with Crippen LogP contribution in [0.25, 0.3) is 0 Å². The van der Waals surface area contributed by atoms with Crippen molar-refractivity contribution in [3.63, 3.8) is 0 Å². The molecule has 2 rings (SSSR count). The summed E-state index contributed by atoms with van der Waals surface area (Å²) in [6.45, 7) is 0.759. The Morgan fingerprint density at radius 2 is 1.74 bits per heavy atom. The summed E-state index contributed by atoms with van der Waals surface area (Å²) < 4.78 is 0. The highest BCUT2D eigenvalue weighted by Crippen LogP contribution is 2.27. The van der Waals surface area contributed by atoms with Crippen molar-refractivity contribution in [2.75, 3.05) is 11.1 Å². The number of amides is 1. The van der Waals surface area contributed by atoms with Crippen LogP contribution in [0.15, 0.2) is 59.5 Å². The van der Waals surface area contributed by atoms with Gasteiger partial charge in [-0.25, -0.2) is 0 Å². The van der Waals surface area contributed by atoms with Gasteiger partial charge in [-0.3, -0.25) is 4.79 Å². The van der Waals surface area contributed by atoms with Gasteiger partial charge >= 0.3 is 0 Å². The number of hydrogen-bond donors (Lipinski definition) is 2. The number of carbonyl (C=O) groups excluding carboxylic acids is 1. The molecule has 0 spiro atoms. The zero-order valence-corrected chi connectivity index (χ0v) is 11.3. The van der Waals surface area contributed by atoms with Gasteiger partial charge in [0.15, 0.2) is 0 Å². The van der Waals surface area contributed by atoms with E-state index in [-0.39, 0.29) is 5.91 Å². The van der Waals surface area contributed by atoms with Gasteiger partial charge in [-0.1, -0.05) is 42.5 Å². The second-order valence-electron chi connectivity index (χ2n) is 4.09. The summed E-state index contributed by atoms with van der Waals surface area (Å²) in [6, 6.07) is 18.1. The summed E-state index contributed by atoms with van der Waals surface area (Å²) >= 11 is 1.45. The zero-order chi connectivity index (χ0) is 13.5. The number of rotatable bonds is 6. The zero-order valence-electron chi connectivity index (χ0n) is 10.5. The fourth-order valence-electron chi connectivity index (χ4n) is 1.68. The third kappa shape index (κ3) is 4.34. The monoisotopic (exact) mass is 272 g/mol. The number of carbonyl (C=O) groups is 1. The molecule has 0 fully saturated rings. The molecule has 2 aromatic rings. The van der Waals surface area contributed by atoms with E-state index in [1.54, 1.807) is 0 Å². The maximum Gasteiger partial charge on any atom is 0.227 e. The summed E-state index contributed by atoms with van der Waals surface area (Å²) in [5, 5.41) is 3.38. The fourth-order valence-corrected chi connectivity index (χ4v) is 2.45. The van der Waals surface area contributed by atoms with Crippen molar-refractivity contribution in [3.05, 3.63) is 60.2 Å². The number of nitrogens with two attached hydrogens (primary N) is 1. The van der Waals surface area contributed by atoms with Crippen LogP contribution in [-0.4, -0.2) is 11.7 Å². The standard InChI is InChI=1S/C15H16N2OS/c16-15(18)11-19-14-9-5-4-8-13(14)17-10-12-6-2-1-3-7-12/h1-9,17H,10-11H2,(H2,16,18). The lowest BCUT2D eigenvalue weighted by Crippen LogP contribution is -2.13. The molecule has 1 amide bonds. The number of primary amides is 1. The highest BCUT2D eigenvalue weighted by atomic mass is 32.2. The third-order valence-corrected chi connectivity index (χ3v) is 3.68. The van der Waals surface area contributed by atoms with Gasteiger partial charge in [0.1, 0.15) is 0 Å². The van der Waals surface area contributed by atoms with Crippen molar-refractivity contribution in [1.29, 1.82) is 0 Å². The highest BCUT2D eigenvalue weighted by Gasteiger charge is 2.04. The van der Waals surface area contributed by atoms with E-state index in [0.29, 0.717) is 5.75 Å². The Kier molecular flexibility index (Phi) is 4.86. The minimum Gasteiger partial charge on any atom is -0.380 e. The number of benzene rings is 2. The molecular weight excluding hydrogens is 256 g/mol. The molecule has 0 radical (unpaired) electrons. The Hall–Kier alpha value is -1.94. The molecule has 0 aliphatic rings. The maximum atomic E-state index is 10.8. The molecule has 0 saturated heterocycles. The van der Waals surface area contributed by atoms with E-state index < -0.39 is 0 Å². The first kappa shape index (κ1) is 13.5. The molecule has 0 unspecified atom stereocenters. The summed E-state index contributed by atoms with van der Waals surface area (Å²) in [6.07, 6.45) is 0. The molecule has 2 aromatic carbocycles. The minimum absolute atomic E-state index is 0.296. The average Bonchev–Trinajstić information content (AvgIpc) is 2.45. The van der Waals surface area contributed by atoms with E-state index in [1.165, 1.54) is 17.3 Å². The van der Waals surface area contributed by atoms with Gasteiger partial charge in [0, 0.05) is 17.1 Å². The van der Waals surface area contributed by atoms with E-state index in [9.17, 15) is 4.79 Å². The van der Waals surface area contributed by atoms with Crippen molar-refractivity contribution in [3.8, 4) is 0 Å². The van der Waals surface area contributed by atoms with Gasteiger partial charge < -0.3 is 11.1 Å². The van der Waals surface area contributed by atoms with Crippen LogP contribution in [0.4, 0.5) is 5.69 Å². The van der Waals surface area contributed by atoms with Crippen molar-refractivity contribution in [2.24, 2.45) is 5.73 Å². The fraction of sp³-hybridized carbons (Fsp3) is 0.133. The van der Waals surface area contributed by atoms with Crippen molar-refractivity contribution < 1.29 is 4.79 Å².